The van der Waals surface area contributed by atoms with E-state index in [1.54, 1.807) is 5.56 Å². The van der Waals surface area contributed by atoms with Gasteiger partial charge in [-0.05, 0) is 103 Å². The third-order valence-corrected chi connectivity index (χ3v) is 8.80. The second kappa shape index (κ2) is 9.90. The standard InChI is InChI=1S/C34H42N2/c1-6-19-34(4,5)32(29-17-13-23(2)33(35)24(29)3)27-15-14-26-16-18-31(30(26)21-27)36-20-9-12-25-10-7-8-11-28(25)22-36/h6-8,10-11,13-15,17,19,21,31-32H,9,12,16,18,20,22,35H2,1-5H3/b19-6-. The minimum absolute atomic E-state index is 0.0366. The zero-order valence-corrected chi connectivity index (χ0v) is 22.8. The molecular weight excluding hydrogens is 436 g/mol. The number of nitrogens with two attached hydrogens (primary N) is 1. The normalized spacial score (nSPS) is 19.2. The van der Waals surface area contributed by atoms with Gasteiger partial charge in [0, 0.05) is 24.2 Å². The van der Waals surface area contributed by atoms with E-state index in [0.717, 1.165) is 17.8 Å². The van der Waals surface area contributed by atoms with Crippen LogP contribution in [-0.2, 0) is 19.4 Å². The second-order valence-electron chi connectivity index (χ2n) is 11.6. The van der Waals surface area contributed by atoms with Gasteiger partial charge in [0.15, 0.2) is 0 Å². The Labute approximate surface area is 218 Å². The quantitative estimate of drug-likeness (QED) is 0.297. The van der Waals surface area contributed by atoms with Crippen LogP contribution in [0.5, 0.6) is 0 Å². The Kier molecular flexibility index (Phi) is 6.83. The average molecular weight is 479 g/mol. The number of nitrogen functional groups attached to an aromatic ring is 1. The molecule has 3 aromatic carbocycles. The molecule has 3 aromatic rings. The molecule has 2 aliphatic rings. The number of rotatable bonds is 5. The van der Waals surface area contributed by atoms with Crippen LogP contribution in [0.2, 0.25) is 0 Å². The number of hydrogen-bond donors (Lipinski definition) is 1. The van der Waals surface area contributed by atoms with Gasteiger partial charge in [-0.2, -0.15) is 0 Å². The maximum absolute atomic E-state index is 6.55. The summed E-state index contributed by atoms with van der Waals surface area (Å²) >= 11 is 0. The summed E-state index contributed by atoms with van der Waals surface area (Å²) in [6, 6.07) is 21.4. The molecule has 2 N–H and O–H groups in total. The van der Waals surface area contributed by atoms with Crippen LogP contribution in [0.3, 0.4) is 0 Å². The Balaban J connectivity index is 1.56. The van der Waals surface area contributed by atoms with E-state index in [9.17, 15) is 0 Å². The van der Waals surface area contributed by atoms with Crippen molar-refractivity contribution in [1.29, 1.82) is 0 Å². The molecule has 0 radical (unpaired) electrons. The first kappa shape index (κ1) is 24.8. The SMILES string of the molecule is C/C=C\C(C)(C)C(c1ccc2c(c1)C(N1CCCc3ccccc3C1)CC2)c1ccc(C)c(N)c1C. The zero-order chi connectivity index (χ0) is 25.4. The largest absolute Gasteiger partial charge is 0.398 e. The highest BCUT2D eigenvalue weighted by Gasteiger charge is 2.35. The van der Waals surface area contributed by atoms with Crippen LogP contribution in [0.25, 0.3) is 0 Å². The molecule has 2 heteroatoms. The smallest absolute Gasteiger partial charge is 0.0376 e. The van der Waals surface area contributed by atoms with Gasteiger partial charge in [0.2, 0.25) is 0 Å². The topological polar surface area (TPSA) is 29.3 Å². The van der Waals surface area contributed by atoms with Crippen molar-refractivity contribution >= 4 is 5.69 Å². The van der Waals surface area contributed by atoms with Crippen molar-refractivity contribution in [2.45, 2.75) is 78.8 Å². The summed E-state index contributed by atoms with van der Waals surface area (Å²) in [5.74, 6) is 0.244. The summed E-state index contributed by atoms with van der Waals surface area (Å²) in [6.45, 7) is 13.4. The van der Waals surface area contributed by atoms with E-state index in [4.69, 9.17) is 5.73 Å². The highest BCUT2D eigenvalue weighted by Crippen LogP contribution is 2.47. The molecule has 0 saturated carbocycles. The Morgan fingerprint density at radius 3 is 2.53 bits per heavy atom. The van der Waals surface area contributed by atoms with Gasteiger partial charge in [0.1, 0.15) is 0 Å². The van der Waals surface area contributed by atoms with Gasteiger partial charge in [-0.15, -0.1) is 0 Å². The molecule has 0 amide bonds. The van der Waals surface area contributed by atoms with Gasteiger partial charge in [-0.1, -0.05) is 80.6 Å². The van der Waals surface area contributed by atoms with Crippen LogP contribution in [-0.4, -0.2) is 11.4 Å². The number of fused-ring (bicyclic) bond motifs is 2. The summed E-state index contributed by atoms with van der Waals surface area (Å²) in [6.07, 6.45) is 9.40. The lowest BCUT2D eigenvalue weighted by atomic mass is 9.69. The number of nitrogens with zero attached hydrogens (tertiary/aromatic N) is 1. The van der Waals surface area contributed by atoms with Crippen molar-refractivity contribution in [1.82, 2.24) is 4.90 Å². The van der Waals surface area contributed by atoms with Gasteiger partial charge in [-0.3, -0.25) is 4.90 Å². The van der Waals surface area contributed by atoms with Crippen LogP contribution in [0.15, 0.2) is 66.7 Å². The van der Waals surface area contributed by atoms with Crippen molar-refractivity contribution in [3.63, 3.8) is 0 Å². The van der Waals surface area contributed by atoms with Crippen molar-refractivity contribution in [3.05, 3.63) is 111 Å². The molecule has 0 saturated heterocycles. The van der Waals surface area contributed by atoms with Gasteiger partial charge in [0.25, 0.3) is 0 Å². The van der Waals surface area contributed by atoms with Gasteiger partial charge in [-0.25, -0.2) is 0 Å². The highest BCUT2D eigenvalue weighted by molar-refractivity contribution is 5.59. The van der Waals surface area contributed by atoms with Crippen molar-refractivity contribution in [2.75, 3.05) is 12.3 Å². The van der Waals surface area contributed by atoms with E-state index < -0.39 is 0 Å². The van der Waals surface area contributed by atoms with Crippen molar-refractivity contribution in [3.8, 4) is 0 Å². The van der Waals surface area contributed by atoms with Crippen LogP contribution < -0.4 is 5.73 Å². The first-order valence-electron chi connectivity index (χ1n) is 13.7. The average Bonchev–Trinajstić information content (AvgIpc) is 3.15. The van der Waals surface area contributed by atoms with E-state index in [1.807, 2.05) is 0 Å². The fraction of sp³-hybridized carbons (Fsp3) is 0.412. The van der Waals surface area contributed by atoms with E-state index in [0.29, 0.717) is 6.04 Å². The third kappa shape index (κ3) is 4.52. The minimum atomic E-state index is -0.0366. The molecule has 0 bridgehead atoms. The molecule has 2 nitrogen and oxygen atoms in total. The van der Waals surface area contributed by atoms with Crippen LogP contribution in [0, 0.1) is 19.3 Å². The molecule has 0 fully saturated rings. The molecule has 1 heterocycles. The van der Waals surface area contributed by atoms with E-state index in [2.05, 4.69) is 106 Å². The lowest BCUT2D eigenvalue weighted by Crippen LogP contribution is -2.27. The summed E-state index contributed by atoms with van der Waals surface area (Å²) in [4.78, 5) is 2.75. The van der Waals surface area contributed by atoms with Gasteiger partial charge < -0.3 is 5.73 Å². The molecule has 1 aliphatic carbocycles. The van der Waals surface area contributed by atoms with E-state index in [1.165, 1.54) is 65.6 Å². The molecule has 2 atom stereocenters. The minimum Gasteiger partial charge on any atom is -0.398 e. The number of benzene rings is 3. The van der Waals surface area contributed by atoms with Gasteiger partial charge in [0.05, 0.1) is 0 Å². The Hall–Kier alpha value is -2.84. The number of allylic oxidation sites excluding steroid dienone is 2. The summed E-state index contributed by atoms with van der Waals surface area (Å²) < 4.78 is 0. The van der Waals surface area contributed by atoms with Crippen molar-refractivity contribution < 1.29 is 0 Å². The number of hydrogen-bond acceptors (Lipinski definition) is 2. The highest BCUT2D eigenvalue weighted by atomic mass is 15.2. The second-order valence-corrected chi connectivity index (χ2v) is 11.6. The number of aryl methyl sites for hydroxylation is 3. The molecule has 0 aromatic heterocycles. The molecule has 36 heavy (non-hydrogen) atoms. The van der Waals surface area contributed by atoms with E-state index in [-0.39, 0.29) is 11.3 Å². The summed E-state index contributed by atoms with van der Waals surface area (Å²) in [7, 11) is 0. The summed E-state index contributed by atoms with van der Waals surface area (Å²) in [5, 5.41) is 0. The van der Waals surface area contributed by atoms with Crippen molar-refractivity contribution in [2.24, 2.45) is 5.41 Å². The van der Waals surface area contributed by atoms with Gasteiger partial charge >= 0.3 is 0 Å². The molecule has 5 rings (SSSR count). The fourth-order valence-corrected chi connectivity index (χ4v) is 6.88. The zero-order valence-electron chi connectivity index (χ0n) is 22.8. The monoisotopic (exact) mass is 478 g/mol. The maximum atomic E-state index is 6.55. The Morgan fingerprint density at radius 1 is 0.972 bits per heavy atom. The first-order chi connectivity index (χ1) is 17.3. The number of anilines is 1. The van der Waals surface area contributed by atoms with Crippen LogP contribution in [0.4, 0.5) is 5.69 Å². The molecule has 1 aliphatic heterocycles. The predicted molar refractivity (Wildman–Crippen MR) is 153 cm³/mol. The molecule has 2 unspecified atom stereocenters. The predicted octanol–water partition coefficient (Wildman–Crippen LogP) is 8.06. The Bertz CT molecular complexity index is 1280. The fourth-order valence-electron chi connectivity index (χ4n) is 6.88. The summed E-state index contributed by atoms with van der Waals surface area (Å²) in [5.41, 5.74) is 18.7. The molecule has 188 valence electrons. The maximum Gasteiger partial charge on any atom is 0.0376 e. The Morgan fingerprint density at radius 2 is 1.75 bits per heavy atom. The third-order valence-electron chi connectivity index (χ3n) is 8.80. The lowest BCUT2D eigenvalue weighted by molar-refractivity contribution is 0.190. The van der Waals surface area contributed by atoms with Crippen LogP contribution >= 0.6 is 0 Å². The lowest BCUT2D eigenvalue weighted by Gasteiger charge is -2.35. The first-order valence-corrected chi connectivity index (χ1v) is 13.7. The van der Waals surface area contributed by atoms with E-state index >= 15 is 0 Å². The van der Waals surface area contributed by atoms with Crippen LogP contribution in [0.1, 0.15) is 90.1 Å². The molecular formula is C34H42N2. The molecule has 0 spiro atoms.